The largest absolute Gasteiger partial charge is 0.481 e. The molecule has 0 spiro atoms. The lowest BCUT2D eigenvalue weighted by Crippen LogP contribution is -1.93. The van der Waals surface area contributed by atoms with Crippen molar-refractivity contribution >= 4 is 11.9 Å². The molecule has 0 saturated carbocycles. The predicted molar refractivity (Wildman–Crippen MR) is 95.5 cm³/mol. The number of rotatable bonds is 14. The van der Waals surface area contributed by atoms with Gasteiger partial charge < -0.3 is 10.2 Å². The summed E-state index contributed by atoms with van der Waals surface area (Å²) in [7, 11) is 0. The summed E-state index contributed by atoms with van der Waals surface area (Å²) in [4.78, 5) is 20.7. The van der Waals surface area contributed by atoms with Crippen LogP contribution in [-0.4, -0.2) is 22.2 Å². The molecule has 0 fully saturated rings. The van der Waals surface area contributed by atoms with Crippen LogP contribution in [0.15, 0.2) is 0 Å². The van der Waals surface area contributed by atoms with Gasteiger partial charge >= 0.3 is 11.9 Å². The van der Waals surface area contributed by atoms with E-state index in [1.807, 2.05) is 0 Å². The van der Waals surface area contributed by atoms with Crippen LogP contribution in [0, 0.1) is 23.7 Å². The Hall–Kier alpha value is -1.94. The van der Waals surface area contributed by atoms with Crippen LogP contribution in [0.4, 0.5) is 0 Å². The molecule has 24 heavy (non-hydrogen) atoms. The van der Waals surface area contributed by atoms with Gasteiger partial charge in [0.05, 0.1) is 0 Å². The molecule has 0 radical (unpaired) electrons. The van der Waals surface area contributed by atoms with Crippen LogP contribution < -0.4 is 0 Å². The van der Waals surface area contributed by atoms with Crippen molar-refractivity contribution in [2.45, 2.75) is 89.9 Å². The topological polar surface area (TPSA) is 74.6 Å². The molecule has 0 aromatic heterocycles. The molecule has 0 amide bonds. The molecule has 2 N–H and O–H groups in total. The van der Waals surface area contributed by atoms with Gasteiger partial charge in [-0.15, -0.1) is 0 Å². The van der Waals surface area contributed by atoms with E-state index < -0.39 is 11.9 Å². The Morgan fingerprint density at radius 3 is 1.25 bits per heavy atom. The predicted octanol–water partition coefficient (Wildman–Crippen LogP) is 4.62. The van der Waals surface area contributed by atoms with E-state index in [1.54, 1.807) is 0 Å². The van der Waals surface area contributed by atoms with Gasteiger partial charge in [-0.1, -0.05) is 50.4 Å². The van der Waals surface area contributed by atoms with Crippen molar-refractivity contribution in [2.75, 3.05) is 0 Å². The van der Waals surface area contributed by atoms with Crippen molar-refractivity contribution in [2.24, 2.45) is 0 Å². The van der Waals surface area contributed by atoms with Gasteiger partial charge in [-0.2, -0.15) is 0 Å². The second kappa shape index (κ2) is 17.4. The third kappa shape index (κ3) is 20.1. The molecule has 4 heteroatoms. The summed E-state index contributed by atoms with van der Waals surface area (Å²) < 4.78 is 0. The van der Waals surface area contributed by atoms with E-state index in [0.29, 0.717) is 0 Å². The van der Waals surface area contributed by atoms with Crippen LogP contribution in [0.2, 0.25) is 0 Å². The van der Waals surface area contributed by atoms with Crippen LogP contribution in [-0.2, 0) is 9.59 Å². The van der Waals surface area contributed by atoms with Crippen LogP contribution in [0.1, 0.15) is 89.9 Å². The summed E-state index contributed by atoms with van der Waals surface area (Å²) in [5, 5.41) is 17.0. The fraction of sp³-hybridized carbons (Fsp3) is 0.700. The maximum Gasteiger partial charge on any atom is 0.303 e. The molecule has 0 unspecified atom stereocenters. The number of aliphatic carboxylic acids is 2. The Labute approximate surface area is 146 Å². The number of carboxylic acids is 2. The van der Waals surface area contributed by atoms with Gasteiger partial charge in [0.25, 0.3) is 0 Å². The first-order valence-corrected chi connectivity index (χ1v) is 9.02. The minimum atomic E-state index is -0.711. The molecule has 0 aliphatic rings. The third-order valence-corrected chi connectivity index (χ3v) is 3.62. The minimum Gasteiger partial charge on any atom is -0.481 e. The number of carbonyl (C=O) groups is 2. The molecule has 0 saturated heterocycles. The maximum absolute atomic E-state index is 10.3. The van der Waals surface area contributed by atoms with E-state index in [1.165, 1.54) is 0 Å². The standard InChI is InChI=1S/C20H30O4/c21-19(22)17-15-13-11-9-7-5-3-1-2-4-6-8-10-12-14-16-18-20(23)24/h5-18H2,(H,21,22)(H,23,24). The molecule has 134 valence electrons. The number of unbranched alkanes of at least 4 members (excludes halogenated alkanes) is 10. The van der Waals surface area contributed by atoms with E-state index in [0.717, 1.165) is 77.0 Å². The van der Waals surface area contributed by atoms with Gasteiger partial charge in [0.15, 0.2) is 0 Å². The molecule has 0 aliphatic heterocycles. The average molecular weight is 334 g/mol. The molecule has 0 heterocycles. The highest BCUT2D eigenvalue weighted by molar-refractivity contribution is 5.66. The van der Waals surface area contributed by atoms with E-state index >= 15 is 0 Å². The minimum absolute atomic E-state index is 0.276. The van der Waals surface area contributed by atoms with Gasteiger partial charge in [0.2, 0.25) is 0 Å². The van der Waals surface area contributed by atoms with Crippen molar-refractivity contribution in [3.8, 4) is 23.7 Å². The second-order valence-corrected chi connectivity index (χ2v) is 5.93. The summed E-state index contributed by atoms with van der Waals surface area (Å²) in [5.74, 6) is 10.4. The van der Waals surface area contributed by atoms with E-state index in [2.05, 4.69) is 23.7 Å². The fourth-order valence-electron chi connectivity index (χ4n) is 2.25. The van der Waals surface area contributed by atoms with Crippen molar-refractivity contribution < 1.29 is 19.8 Å². The normalized spacial score (nSPS) is 9.50. The number of hydrogen-bond donors (Lipinski definition) is 2. The van der Waals surface area contributed by atoms with Gasteiger partial charge in [-0.25, -0.2) is 0 Å². The van der Waals surface area contributed by atoms with Gasteiger partial charge in [0.1, 0.15) is 0 Å². The van der Waals surface area contributed by atoms with Crippen LogP contribution >= 0.6 is 0 Å². The summed E-state index contributed by atoms with van der Waals surface area (Å²) >= 11 is 0. The zero-order chi connectivity index (χ0) is 17.9. The molecule has 0 rings (SSSR count). The zero-order valence-corrected chi connectivity index (χ0v) is 14.6. The van der Waals surface area contributed by atoms with E-state index in [9.17, 15) is 9.59 Å². The Balaban J connectivity index is 3.31. The summed E-state index contributed by atoms with van der Waals surface area (Å²) in [6.45, 7) is 0. The number of hydrogen-bond acceptors (Lipinski definition) is 2. The molecule has 0 bridgehead atoms. The van der Waals surface area contributed by atoms with Crippen LogP contribution in [0.3, 0.4) is 0 Å². The molecule has 4 nitrogen and oxygen atoms in total. The summed E-state index contributed by atoms with van der Waals surface area (Å²) in [6.07, 6.45) is 12.2. The quantitative estimate of drug-likeness (QED) is 0.359. The average Bonchev–Trinajstić information content (AvgIpc) is 2.53. The van der Waals surface area contributed by atoms with Crippen molar-refractivity contribution in [3.63, 3.8) is 0 Å². The van der Waals surface area contributed by atoms with Crippen molar-refractivity contribution in [1.29, 1.82) is 0 Å². The highest BCUT2D eigenvalue weighted by Crippen LogP contribution is 2.07. The molecule has 0 atom stereocenters. The first kappa shape index (κ1) is 22.1. The van der Waals surface area contributed by atoms with Gasteiger partial charge in [-0.3, -0.25) is 9.59 Å². The third-order valence-electron chi connectivity index (χ3n) is 3.62. The molecule has 0 aromatic carbocycles. The van der Waals surface area contributed by atoms with E-state index in [4.69, 9.17) is 10.2 Å². The Kier molecular flexibility index (Phi) is 16.0. The first-order chi connectivity index (χ1) is 11.6. The lowest BCUT2D eigenvalue weighted by atomic mass is 10.1. The highest BCUT2D eigenvalue weighted by atomic mass is 16.4. The lowest BCUT2D eigenvalue weighted by molar-refractivity contribution is -0.138. The Bertz CT molecular complexity index is 416. The SMILES string of the molecule is O=C(O)CCCCCCCC#CC#CCCCCCCCC(=O)O. The summed E-state index contributed by atoms with van der Waals surface area (Å²) in [5.41, 5.74) is 0. The first-order valence-electron chi connectivity index (χ1n) is 9.02. The maximum atomic E-state index is 10.3. The van der Waals surface area contributed by atoms with Crippen LogP contribution in [0.5, 0.6) is 0 Å². The molecular formula is C20H30O4. The number of carboxylic acid groups (broad SMARTS) is 2. The smallest absolute Gasteiger partial charge is 0.303 e. The lowest BCUT2D eigenvalue weighted by Gasteiger charge is -1.97. The van der Waals surface area contributed by atoms with Gasteiger partial charge in [-0.05, 0) is 37.5 Å². The molecule has 0 aromatic rings. The summed E-state index contributed by atoms with van der Waals surface area (Å²) in [6, 6.07) is 0. The Morgan fingerprint density at radius 1 is 0.542 bits per heavy atom. The van der Waals surface area contributed by atoms with Crippen LogP contribution in [0.25, 0.3) is 0 Å². The molecule has 0 aliphatic carbocycles. The Morgan fingerprint density at radius 2 is 0.875 bits per heavy atom. The van der Waals surface area contributed by atoms with E-state index in [-0.39, 0.29) is 12.8 Å². The molecular weight excluding hydrogens is 304 g/mol. The van der Waals surface area contributed by atoms with Crippen molar-refractivity contribution in [3.05, 3.63) is 0 Å². The van der Waals surface area contributed by atoms with Gasteiger partial charge in [0, 0.05) is 25.7 Å². The van der Waals surface area contributed by atoms with Crippen molar-refractivity contribution in [1.82, 2.24) is 0 Å². The second-order valence-electron chi connectivity index (χ2n) is 5.93. The highest BCUT2D eigenvalue weighted by Gasteiger charge is 1.96. The monoisotopic (exact) mass is 334 g/mol. The fourth-order valence-corrected chi connectivity index (χ4v) is 2.25. The zero-order valence-electron chi connectivity index (χ0n) is 14.6.